The molecule has 0 heterocycles. The van der Waals surface area contributed by atoms with Crippen LogP contribution >= 0.6 is 0 Å². The summed E-state index contributed by atoms with van der Waals surface area (Å²) in [7, 11) is -3.17. The second-order valence-electron chi connectivity index (χ2n) is 3.05. The van der Waals surface area contributed by atoms with Gasteiger partial charge >= 0.3 is 0 Å². The van der Waals surface area contributed by atoms with E-state index in [9.17, 15) is 8.42 Å². The number of nitriles is 1. The molecule has 0 aliphatic heterocycles. The molecule has 0 rings (SSSR count). The van der Waals surface area contributed by atoms with Gasteiger partial charge in [0.15, 0.2) is 0 Å². The number of nitrogens with zero attached hydrogens (tertiary/aromatic N) is 1. The van der Waals surface area contributed by atoms with Gasteiger partial charge in [0.25, 0.3) is 0 Å². The predicted molar refractivity (Wildman–Crippen MR) is 51.5 cm³/mol. The van der Waals surface area contributed by atoms with E-state index in [1.54, 1.807) is 6.92 Å². The van der Waals surface area contributed by atoms with E-state index in [1.165, 1.54) is 0 Å². The van der Waals surface area contributed by atoms with Gasteiger partial charge in [-0.15, -0.1) is 0 Å². The van der Waals surface area contributed by atoms with Crippen molar-refractivity contribution in [3.05, 3.63) is 0 Å². The molecule has 0 amide bonds. The van der Waals surface area contributed by atoms with E-state index in [0.717, 1.165) is 6.42 Å². The van der Waals surface area contributed by atoms with Crippen LogP contribution in [0.4, 0.5) is 0 Å². The molecule has 1 atom stereocenters. The second kappa shape index (κ2) is 5.95. The van der Waals surface area contributed by atoms with Crippen LogP contribution in [0.3, 0.4) is 0 Å². The lowest BCUT2D eigenvalue weighted by molar-refractivity contribution is 0.560. The molecule has 0 aliphatic carbocycles. The molecular formula is C8H16N2O2S. The first-order valence-electron chi connectivity index (χ1n) is 4.38. The van der Waals surface area contributed by atoms with Gasteiger partial charge in [0.05, 0.1) is 18.2 Å². The summed E-state index contributed by atoms with van der Waals surface area (Å²) < 4.78 is 24.9. The third-order valence-corrected chi connectivity index (χ3v) is 3.13. The van der Waals surface area contributed by atoms with Crippen molar-refractivity contribution >= 4 is 10.0 Å². The standard InChI is InChI=1S/C8H16N2O2S/c1-3-4-7-13(11,12)10-8(2)5-6-9/h8,10H,3-5,7H2,1-2H3. The molecule has 0 aromatic rings. The summed E-state index contributed by atoms with van der Waals surface area (Å²) in [5.41, 5.74) is 0. The molecule has 76 valence electrons. The van der Waals surface area contributed by atoms with E-state index >= 15 is 0 Å². The minimum absolute atomic E-state index is 0.152. The predicted octanol–water partition coefficient (Wildman–Crippen LogP) is 1.01. The normalized spacial score (nSPS) is 13.6. The highest BCUT2D eigenvalue weighted by atomic mass is 32.2. The van der Waals surface area contributed by atoms with Crippen molar-refractivity contribution in [2.24, 2.45) is 0 Å². The summed E-state index contributed by atoms with van der Waals surface area (Å²) >= 11 is 0. The highest BCUT2D eigenvalue weighted by Crippen LogP contribution is 1.97. The number of hydrogen-bond donors (Lipinski definition) is 1. The van der Waals surface area contributed by atoms with Gasteiger partial charge < -0.3 is 0 Å². The zero-order valence-electron chi connectivity index (χ0n) is 8.08. The molecule has 0 radical (unpaired) electrons. The van der Waals surface area contributed by atoms with Crippen LogP contribution in [0.25, 0.3) is 0 Å². The van der Waals surface area contributed by atoms with Crippen LogP contribution in [0.5, 0.6) is 0 Å². The van der Waals surface area contributed by atoms with Crippen molar-refractivity contribution in [1.29, 1.82) is 5.26 Å². The highest BCUT2D eigenvalue weighted by molar-refractivity contribution is 7.89. The van der Waals surface area contributed by atoms with Crippen LogP contribution < -0.4 is 4.72 Å². The fraction of sp³-hybridized carbons (Fsp3) is 0.875. The van der Waals surface area contributed by atoms with Gasteiger partial charge in [-0.05, 0) is 13.3 Å². The van der Waals surface area contributed by atoms with E-state index in [1.807, 2.05) is 13.0 Å². The Labute approximate surface area is 80.0 Å². The summed E-state index contributed by atoms with van der Waals surface area (Å²) in [4.78, 5) is 0. The Morgan fingerprint density at radius 1 is 1.54 bits per heavy atom. The van der Waals surface area contributed by atoms with Crippen LogP contribution in [-0.2, 0) is 10.0 Å². The monoisotopic (exact) mass is 204 g/mol. The van der Waals surface area contributed by atoms with E-state index in [-0.39, 0.29) is 18.2 Å². The maximum atomic E-state index is 11.3. The average molecular weight is 204 g/mol. The van der Waals surface area contributed by atoms with Crippen LogP contribution in [-0.4, -0.2) is 20.2 Å². The fourth-order valence-corrected chi connectivity index (χ4v) is 2.36. The maximum absolute atomic E-state index is 11.3. The number of nitrogens with one attached hydrogen (secondary N) is 1. The molecule has 5 heteroatoms. The summed E-state index contributed by atoms with van der Waals surface area (Å²) in [6.07, 6.45) is 1.73. The summed E-state index contributed by atoms with van der Waals surface area (Å²) in [5.74, 6) is 0.152. The number of sulfonamides is 1. The van der Waals surface area contributed by atoms with E-state index in [2.05, 4.69) is 4.72 Å². The zero-order valence-corrected chi connectivity index (χ0v) is 8.89. The van der Waals surface area contributed by atoms with Crippen LogP contribution in [0.2, 0.25) is 0 Å². The fourth-order valence-electron chi connectivity index (χ4n) is 0.878. The molecule has 0 saturated heterocycles. The molecule has 0 aliphatic rings. The first kappa shape index (κ1) is 12.4. The lowest BCUT2D eigenvalue weighted by Crippen LogP contribution is -2.34. The van der Waals surface area contributed by atoms with Crippen molar-refractivity contribution in [3.8, 4) is 6.07 Å². The van der Waals surface area contributed by atoms with E-state index < -0.39 is 10.0 Å². The van der Waals surface area contributed by atoms with Crippen LogP contribution in [0.1, 0.15) is 33.1 Å². The van der Waals surface area contributed by atoms with Gasteiger partial charge in [-0.2, -0.15) is 5.26 Å². The minimum atomic E-state index is -3.17. The van der Waals surface area contributed by atoms with Gasteiger partial charge in [-0.3, -0.25) is 0 Å². The Balaban J connectivity index is 3.96. The lowest BCUT2D eigenvalue weighted by Gasteiger charge is -2.10. The van der Waals surface area contributed by atoms with Crippen molar-refractivity contribution in [2.75, 3.05) is 5.75 Å². The summed E-state index contributed by atoms with van der Waals surface area (Å²) in [6.45, 7) is 3.63. The highest BCUT2D eigenvalue weighted by Gasteiger charge is 2.12. The Morgan fingerprint density at radius 3 is 2.62 bits per heavy atom. The van der Waals surface area contributed by atoms with Crippen molar-refractivity contribution < 1.29 is 8.42 Å². The van der Waals surface area contributed by atoms with Crippen LogP contribution in [0, 0.1) is 11.3 Å². The quantitative estimate of drug-likeness (QED) is 0.702. The lowest BCUT2D eigenvalue weighted by atomic mass is 10.3. The Morgan fingerprint density at radius 2 is 2.15 bits per heavy atom. The molecule has 1 unspecified atom stereocenters. The largest absolute Gasteiger partial charge is 0.212 e. The Bertz CT molecular complexity index is 266. The van der Waals surface area contributed by atoms with Gasteiger partial charge in [0.2, 0.25) is 10.0 Å². The maximum Gasteiger partial charge on any atom is 0.211 e. The first-order chi connectivity index (χ1) is 6.02. The Hall–Kier alpha value is -0.600. The number of hydrogen-bond acceptors (Lipinski definition) is 3. The Kier molecular flexibility index (Phi) is 5.67. The molecule has 1 N–H and O–H groups in total. The van der Waals surface area contributed by atoms with E-state index in [0.29, 0.717) is 6.42 Å². The third-order valence-electron chi connectivity index (χ3n) is 1.54. The molecule has 0 aromatic heterocycles. The smallest absolute Gasteiger partial charge is 0.211 e. The SMILES string of the molecule is CCCCS(=O)(=O)NC(C)CC#N. The zero-order chi connectivity index (χ0) is 10.3. The molecule has 0 spiro atoms. The summed E-state index contributed by atoms with van der Waals surface area (Å²) in [6, 6.07) is 1.63. The molecule has 0 fully saturated rings. The van der Waals surface area contributed by atoms with Gasteiger partial charge in [-0.25, -0.2) is 13.1 Å². The van der Waals surface area contributed by atoms with Crippen molar-refractivity contribution in [3.63, 3.8) is 0 Å². The van der Waals surface area contributed by atoms with Crippen molar-refractivity contribution in [1.82, 2.24) is 4.72 Å². The topological polar surface area (TPSA) is 70.0 Å². The first-order valence-corrected chi connectivity index (χ1v) is 6.04. The molecule has 0 bridgehead atoms. The second-order valence-corrected chi connectivity index (χ2v) is 4.93. The minimum Gasteiger partial charge on any atom is -0.212 e. The van der Waals surface area contributed by atoms with Gasteiger partial charge in [0, 0.05) is 6.04 Å². The van der Waals surface area contributed by atoms with Crippen LogP contribution in [0.15, 0.2) is 0 Å². The average Bonchev–Trinajstić information content (AvgIpc) is 2.00. The number of rotatable bonds is 6. The van der Waals surface area contributed by atoms with Gasteiger partial charge in [0.1, 0.15) is 0 Å². The molecule has 0 saturated carbocycles. The van der Waals surface area contributed by atoms with Crippen molar-refractivity contribution in [2.45, 2.75) is 39.2 Å². The molecular weight excluding hydrogens is 188 g/mol. The van der Waals surface area contributed by atoms with E-state index in [4.69, 9.17) is 5.26 Å². The molecule has 4 nitrogen and oxygen atoms in total. The molecule has 13 heavy (non-hydrogen) atoms. The third kappa shape index (κ3) is 6.55. The summed E-state index contributed by atoms with van der Waals surface area (Å²) in [5, 5.41) is 8.32. The van der Waals surface area contributed by atoms with Gasteiger partial charge in [-0.1, -0.05) is 13.3 Å². The molecule has 0 aromatic carbocycles. The number of unbranched alkanes of at least 4 members (excludes halogenated alkanes) is 1.